The molecule has 0 saturated heterocycles. The van der Waals surface area contributed by atoms with Gasteiger partial charge in [0.1, 0.15) is 5.82 Å². The molecule has 1 amide bonds. The van der Waals surface area contributed by atoms with Crippen LogP contribution in [0.15, 0.2) is 18.2 Å². The van der Waals surface area contributed by atoms with Crippen molar-refractivity contribution in [1.29, 1.82) is 0 Å². The highest BCUT2D eigenvalue weighted by Crippen LogP contribution is 2.16. The zero-order chi connectivity index (χ0) is 14.4. The lowest BCUT2D eigenvalue weighted by Gasteiger charge is -2.12. The van der Waals surface area contributed by atoms with Gasteiger partial charge in [-0.3, -0.25) is 4.79 Å². The molecule has 0 spiro atoms. The minimum Gasteiger partial charge on any atom is -0.478 e. The summed E-state index contributed by atoms with van der Waals surface area (Å²) in [6.45, 7) is 0. The van der Waals surface area contributed by atoms with E-state index in [-0.39, 0.29) is 11.3 Å². The van der Waals surface area contributed by atoms with Crippen LogP contribution >= 0.6 is 11.8 Å². The van der Waals surface area contributed by atoms with E-state index in [2.05, 4.69) is 5.32 Å². The summed E-state index contributed by atoms with van der Waals surface area (Å²) in [5.74, 6) is -1.71. The summed E-state index contributed by atoms with van der Waals surface area (Å²) in [4.78, 5) is 22.5. The molecule has 0 bridgehead atoms. The maximum atomic E-state index is 13.5. The van der Waals surface area contributed by atoms with E-state index in [1.807, 2.05) is 6.26 Å². The van der Waals surface area contributed by atoms with Crippen molar-refractivity contribution in [2.75, 3.05) is 17.3 Å². The van der Waals surface area contributed by atoms with Gasteiger partial charge in [0.15, 0.2) is 0 Å². The molecule has 0 fully saturated rings. The molecule has 0 radical (unpaired) electrons. The van der Waals surface area contributed by atoms with E-state index >= 15 is 0 Å². The quantitative estimate of drug-likeness (QED) is 0.737. The predicted octanol–water partition coefficient (Wildman–Crippen LogP) is 1.54. The number of thioether (sulfide) groups is 1. The van der Waals surface area contributed by atoms with Gasteiger partial charge < -0.3 is 16.2 Å². The van der Waals surface area contributed by atoms with Crippen LogP contribution in [0, 0.1) is 5.82 Å². The molecule has 1 atom stereocenters. The van der Waals surface area contributed by atoms with E-state index < -0.39 is 23.7 Å². The second kappa shape index (κ2) is 7.10. The molecule has 0 aliphatic carbocycles. The minimum absolute atomic E-state index is 0.102. The number of carboxylic acid groups (broad SMARTS) is 1. The van der Waals surface area contributed by atoms with Crippen LogP contribution in [-0.2, 0) is 4.79 Å². The Morgan fingerprint density at radius 2 is 2.21 bits per heavy atom. The maximum Gasteiger partial charge on any atom is 0.335 e. The van der Waals surface area contributed by atoms with Gasteiger partial charge in [0.2, 0.25) is 5.91 Å². The number of nitrogens with one attached hydrogen (secondary N) is 1. The third-order valence-electron chi connectivity index (χ3n) is 2.44. The van der Waals surface area contributed by atoms with Crippen molar-refractivity contribution >= 4 is 29.3 Å². The number of anilines is 1. The lowest BCUT2D eigenvalue weighted by atomic mass is 10.1. The van der Waals surface area contributed by atoms with Crippen LogP contribution < -0.4 is 11.1 Å². The van der Waals surface area contributed by atoms with Gasteiger partial charge in [-0.05, 0) is 36.6 Å². The first kappa shape index (κ1) is 15.5. The molecule has 1 rings (SSSR count). The number of amides is 1. The molecule has 7 heteroatoms. The van der Waals surface area contributed by atoms with Gasteiger partial charge in [-0.2, -0.15) is 11.8 Å². The van der Waals surface area contributed by atoms with Crippen LogP contribution in [-0.4, -0.2) is 35.0 Å². The number of carboxylic acids is 1. The second-order valence-corrected chi connectivity index (χ2v) is 4.86. The first-order chi connectivity index (χ1) is 8.95. The van der Waals surface area contributed by atoms with Gasteiger partial charge >= 0.3 is 5.97 Å². The van der Waals surface area contributed by atoms with Crippen LogP contribution in [0.3, 0.4) is 0 Å². The lowest BCUT2D eigenvalue weighted by Crippen LogP contribution is -2.36. The third-order valence-corrected chi connectivity index (χ3v) is 3.08. The number of hydrogen-bond donors (Lipinski definition) is 3. The van der Waals surface area contributed by atoms with E-state index in [1.165, 1.54) is 0 Å². The average molecular weight is 286 g/mol. The Morgan fingerprint density at radius 1 is 1.53 bits per heavy atom. The summed E-state index contributed by atoms with van der Waals surface area (Å²) < 4.78 is 13.5. The Balaban J connectivity index is 2.78. The molecule has 1 aromatic rings. The molecule has 1 aromatic carbocycles. The van der Waals surface area contributed by atoms with Gasteiger partial charge in [-0.1, -0.05) is 0 Å². The topological polar surface area (TPSA) is 92.4 Å². The van der Waals surface area contributed by atoms with Gasteiger partial charge in [0, 0.05) is 0 Å². The fourth-order valence-electron chi connectivity index (χ4n) is 1.36. The molecule has 0 unspecified atom stereocenters. The second-order valence-electron chi connectivity index (χ2n) is 3.88. The van der Waals surface area contributed by atoms with Crippen molar-refractivity contribution in [3.8, 4) is 0 Å². The van der Waals surface area contributed by atoms with E-state index in [9.17, 15) is 14.0 Å². The molecular weight excluding hydrogens is 271 g/mol. The normalized spacial score (nSPS) is 11.9. The molecular formula is C12H15FN2O3S. The van der Waals surface area contributed by atoms with Crippen molar-refractivity contribution in [3.05, 3.63) is 29.6 Å². The fourth-order valence-corrected chi connectivity index (χ4v) is 1.85. The highest BCUT2D eigenvalue weighted by Gasteiger charge is 2.16. The lowest BCUT2D eigenvalue weighted by molar-refractivity contribution is -0.117. The molecule has 0 aliphatic rings. The van der Waals surface area contributed by atoms with Crippen LogP contribution in [0.4, 0.5) is 10.1 Å². The number of rotatable bonds is 6. The van der Waals surface area contributed by atoms with Crippen molar-refractivity contribution in [2.45, 2.75) is 12.5 Å². The van der Waals surface area contributed by atoms with Crippen LogP contribution in [0.1, 0.15) is 16.8 Å². The number of nitrogens with two attached hydrogens (primary N) is 1. The number of halogens is 1. The summed E-state index contributed by atoms with van der Waals surface area (Å²) in [6.07, 6.45) is 2.36. The number of carbonyl (C=O) groups excluding carboxylic acids is 1. The number of benzene rings is 1. The third kappa shape index (κ3) is 4.53. The van der Waals surface area contributed by atoms with Gasteiger partial charge in [0.25, 0.3) is 0 Å². The summed E-state index contributed by atoms with van der Waals surface area (Å²) in [5.41, 5.74) is 5.36. The molecule has 19 heavy (non-hydrogen) atoms. The van der Waals surface area contributed by atoms with E-state index in [0.29, 0.717) is 12.2 Å². The number of aromatic carboxylic acids is 1. The van der Waals surface area contributed by atoms with Crippen LogP contribution in [0.2, 0.25) is 0 Å². The van der Waals surface area contributed by atoms with Crippen LogP contribution in [0.5, 0.6) is 0 Å². The molecule has 104 valence electrons. The average Bonchev–Trinajstić information content (AvgIpc) is 2.38. The molecule has 0 aliphatic heterocycles. The smallest absolute Gasteiger partial charge is 0.335 e. The standard InChI is InChI=1S/C12H15FN2O3S/c1-19-5-4-9(14)11(16)15-10-6-7(12(17)18)2-3-8(10)13/h2-3,6,9H,4-5,14H2,1H3,(H,15,16)(H,17,18)/t9-/m1/s1. The van der Waals surface area contributed by atoms with Crippen molar-refractivity contribution in [1.82, 2.24) is 0 Å². The van der Waals surface area contributed by atoms with E-state index in [1.54, 1.807) is 11.8 Å². The van der Waals surface area contributed by atoms with Crippen molar-refractivity contribution < 1.29 is 19.1 Å². The summed E-state index contributed by atoms with van der Waals surface area (Å²) in [7, 11) is 0. The van der Waals surface area contributed by atoms with Crippen molar-refractivity contribution in [3.63, 3.8) is 0 Å². The SMILES string of the molecule is CSCC[C@@H](N)C(=O)Nc1cc(C(=O)O)ccc1F. The molecule has 0 heterocycles. The Bertz CT molecular complexity index is 482. The Morgan fingerprint density at radius 3 is 2.79 bits per heavy atom. The Kier molecular flexibility index (Phi) is 5.78. The van der Waals surface area contributed by atoms with Gasteiger partial charge in [-0.25, -0.2) is 9.18 Å². The minimum atomic E-state index is -1.19. The maximum absolute atomic E-state index is 13.5. The largest absolute Gasteiger partial charge is 0.478 e. The van der Waals surface area contributed by atoms with E-state index in [0.717, 1.165) is 18.2 Å². The summed E-state index contributed by atoms with van der Waals surface area (Å²) in [5, 5.41) is 11.1. The zero-order valence-corrected chi connectivity index (χ0v) is 11.2. The molecule has 0 aromatic heterocycles. The van der Waals surface area contributed by atoms with Crippen LogP contribution in [0.25, 0.3) is 0 Å². The molecule has 5 nitrogen and oxygen atoms in total. The van der Waals surface area contributed by atoms with E-state index in [4.69, 9.17) is 10.8 Å². The predicted molar refractivity (Wildman–Crippen MR) is 73.0 cm³/mol. The Labute approximate surface area is 114 Å². The monoisotopic (exact) mass is 286 g/mol. The molecule has 4 N–H and O–H groups in total. The molecule has 0 saturated carbocycles. The number of carbonyl (C=O) groups is 2. The first-order valence-corrected chi connectivity index (χ1v) is 6.93. The highest BCUT2D eigenvalue weighted by atomic mass is 32.2. The highest BCUT2D eigenvalue weighted by molar-refractivity contribution is 7.98. The summed E-state index contributed by atoms with van der Waals surface area (Å²) >= 11 is 1.55. The van der Waals surface area contributed by atoms with Crippen molar-refractivity contribution in [2.24, 2.45) is 5.73 Å². The Hall–Kier alpha value is -1.60. The summed E-state index contributed by atoms with van der Waals surface area (Å²) in [6, 6.07) is 2.44. The van der Waals surface area contributed by atoms with Gasteiger partial charge in [-0.15, -0.1) is 0 Å². The fraction of sp³-hybridized carbons (Fsp3) is 0.333. The first-order valence-electron chi connectivity index (χ1n) is 5.54. The van der Waals surface area contributed by atoms with Gasteiger partial charge in [0.05, 0.1) is 17.3 Å². The zero-order valence-electron chi connectivity index (χ0n) is 10.4. The number of hydrogen-bond acceptors (Lipinski definition) is 4.